The van der Waals surface area contributed by atoms with Crippen LogP contribution < -0.4 is 4.72 Å². The van der Waals surface area contributed by atoms with Gasteiger partial charge in [0.15, 0.2) is 0 Å². The number of nitrogens with zero attached hydrogens (tertiary/aromatic N) is 1. The van der Waals surface area contributed by atoms with E-state index in [0.717, 1.165) is 5.56 Å². The molecule has 1 atom stereocenters. The lowest BCUT2D eigenvalue weighted by atomic mass is 10.2. The molecule has 1 aromatic rings. The first-order valence-electron chi connectivity index (χ1n) is 7.36. The summed E-state index contributed by atoms with van der Waals surface area (Å²) in [5.74, 6) is -0.275. The van der Waals surface area contributed by atoms with E-state index in [1.807, 2.05) is 0 Å². The van der Waals surface area contributed by atoms with Crippen molar-refractivity contribution in [2.24, 2.45) is 0 Å². The number of sulfonamides is 2. The van der Waals surface area contributed by atoms with Crippen molar-refractivity contribution in [2.75, 3.05) is 32.1 Å². The van der Waals surface area contributed by atoms with Crippen LogP contribution in [0.4, 0.5) is 0 Å². The van der Waals surface area contributed by atoms with Crippen molar-refractivity contribution in [3.63, 3.8) is 0 Å². The SMILES string of the molecule is Cc1cccc(S(=O)(=O)NCCS(=O)(=O)N2CCOCC2C)c1. The zero-order valence-electron chi connectivity index (χ0n) is 13.2. The minimum absolute atomic E-state index is 0.134. The van der Waals surface area contributed by atoms with Crippen molar-refractivity contribution in [1.29, 1.82) is 0 Å². The van der Waals surface area contributed by atoms with Gasteiger partial charge in [0.05, 0.1) is 23.9 Å². The lowest BCUT2D eigenvalue weighted by Crippen LogP contribution is -2.49. The van der Waals surface area contributed by atoms with Gasteiger partial charge in [0.1, 0.15) is 0 Å². The molecule has 0 spiro atoms. The van der Waals surface area contributed by atoms with Crippen molar-refractivity contribution < 1.29 is 21.6 Å². The van der Waals surface area contributed by atoms with E-state index in [1.54, 1.807) is 32.0 Å². The molecule has 23 heavy (non-hydrogen) atoms. The summed E-state index contributed by atoms with van der Waals surface area (Å²) in [4.78, 5) is 0.134. The lowest BCUT2D eigenvalue weighted by molar-refractivity contribution is 0.0393. The number of aryl methyl sites for hydroxylation is 1. The molecule has 0 aromatic heterocycles. The molecule has 0 saturated carbocycles. The standard InChI is InChI=1S/C14H22N2O5S2/c1-12-4-3-5-14(10-12)23(19,20)15-6-9-22(17,18)16-7-8-21-11-13(16)2/h3-5,10,13,15H,6-9,11H2,1-2H3. The Kier molecular flexibility index (Phi) is 5.79. The highest BCUT2D eigenvalue weighted by molar-refractivity contribution is 7.90. The Balaban J connectivity index is 1.98. The van der Waals surface area contributed by atoms with E-state index >= 15 is 0 Å². The van der Waals surface area contributed by atoms with E-state index in [-0.39, 0.29) is 23.2 Å². The maximum absolute atomic E-state index is 12.3. The van der Waals surface area contributed by atoms with Gasteiger partial charge in [0.25, 0.3) is 0 Å². The first-order chi connectivity index (χ1) is 10.7. The van der Waals surface area contributed by atoms with E-state index in [0.29, 0.717) is 19.8 Å². The minimum atomic E-state index is -3.71. The highest BCUT2D eigenvalue weighted by Gasteiger charge is 2.30. The fourth-order valence-electron chi connectivity index (χ4n) is 2.41. The Hall–Kier alpha value is -1.00. The molecule has 7 nitrogen and oxygen atoms in total. The van der Waals surface area contributed by atoms with Crippen molar-refractivity contribution in [3.8, 4) is 0 Å². The molecule has 1 N–H and O–H groups in total. The molecule has 1 aromatic carbocycles. The highest BCUT2D eigenvalue weighted by atomic mass is 32.2. The van der Waals surface area contributed by atoms with Crippen LogP contribution in [0.3, 0.4) is 0 Å². The zero-order valence-corrected chi connectivity index (χ0v) is 14.9. The van der Waals surface area contributed by atoms with Crippen LogP contribution in [0.1, 0.15) is 12.5 Å². The molecule has 130 valence electrons. The third kappa shape index (κ3) is 4.74. The Morgan fingerprint density at radius 1 is 1.30 bits per heavy atom. The molecule has 9 heteroatoms. The van der Waals surface area contributed by atoms with E-state index in [2.05, 4.69) is 4.72 Å². The Morgan fingerprint density at radius 3 is 2.70 bits per heavy atom. The van der Waals surface area contributed by atoms with Gasteiger partial charge in [-0.1, -0.05) is 12.1 Å². The van der Waals surface area contributed by atoms with Gasteiger partial charge in [0, 0.05) is 19.1 Å². The number of ether oxygens (including phenoxy) is 1. The summed E-state index contributed by atoms with van der Waals surface area (Å²) in [6, 6.07) is 6.23. The fourth-order valence-corrected chi connectivity index (χ4v) is 5.24. The number of morpholine rings is 1. The maximum atomic E-state index is 12.3. The van der Waals surface area contributed by atoms with Gasteiger partial charge in [-0.25, -0.2) is 21.6 Å². The van der Waals surface area contributed by atoms with Gasteiger partial charge < -0.3 is 4.74 Å². The van der Waals surface area contributed by atoms with Crippen LogP contribution in [0.25, 0.3) is 0 Å². The van der Waals surface area contributed by atoms with Crippen molar-refractivity contribution in [3.05, 3.63) is 29.8 Å². The molecule has 1 aliphatic heterocycles. The summed E-state index contributed by atoms with van der Waals surface area (Å²) in [5, 5.41) is 0. The minimum Gasteiger partial charge on any atom is -0.378 e. The van der Waals surface area contributed by atoms with Crippen LogP contribution in [-0.2, 0) is 24.8 Å². The predicted molar refractivity (Wildman–Crippen MR) is 87.1 cm³/mol. The second-order valence-corrected chi connectivity index (χ2v) is 9.37. The van der Waals surface area contributed by atoms with Crippen molar-refractivity contribution in [1.82, 2.24) is 9.03 Å². The molecular weight excluding hydrogens is 340 g/mol. The summed E-state index contributed by atoms with van der Waals surface area (Å²) in [5.41, 5.74) is 0.822. The average molecular weight is 362 g/mol. The summed E-state index contributed by atoms with van der Waals surface area (Å²) in [7, 11) is -7.23. The van der Waals surface area contributed by atoms with Crippen LogP contribution in [0.5, 0.6) is 0 Å². The smallest absolute Gasteiger partial charge is 0.240 e. The number of nitrogens with one attached hydrogen (secondary N) is 1. The second kappa shape index (κ2) is 7.27. The third-order valence-electron chi connectivity index (χ3n) is 3.62. The van der Waals surface area contributed by atoms with Gasteiger partial charge in [-0.2, -0.15) is 4.31 Å². The maximum Gasteiger partial charge on any atom is 0.240 e. The van der Waals surface area contributed by atoms with E-state index in [1.165, 1.54) is 10.4 Å². The molecule has 1 heterocycles. The quantitative estimate of drug-likeness (QED) is 0.787. The summed E-state index contributed by atoms with van der Waals surface area (Å²) < 4.78 is 57.9. The Labute approximate surface area is 137 Å². The molecule has 0 bridgehead atoms. The molecular formula is C14H22N2O5S2. The van der Waals surface area contributed by atoms with E-state index in [9.17, 15) is 16.8 Å². The van der Waals surface area contributed by atoms with Gasteiger partial charge in [-0.3, -0.25) is 0 Å². The van der Waals surface area contributed by atoms with E-state index < -0.39 is 20.0 Å². The lowest BCUT2D eigenvalue weighted by Gasteiger charge is -2.32. The van der Waals surface area contributed by atoms with Crippen molar-refractivity contribution in [2.45, 2.75) is 24.8 Å². The normalized spacial score (nSPS) is 20.5. The molecule has 2 rings (SSSR count). The van der Waals surface area contributed by atoms with Gasteiger partial charge in [0.2, 0.25) is 20.0 Å². The number of benzene rings is 1. The first-order valence-corrected chi connectivity index (χ1v) is 10.5. The average Bonchev–Trinajstić information content (AvgIpc) is 2.47. The monoisotopic (exact) mass is 362 g/mol. The van der Waals surface area contributed by atoms with Crippen molar-refractivity contribution >= 4 is 20.0 Å². The first kappa shape index (κ1) is 18.3. The number of hydrogen-bond acceptors (Lipinski definition) is 5. The fraction of sp³-hybridized carbons (Fsp3) is 0.571. The van der Waals surface area contributed by atoms with Crippen LogP contribution >= 0.6 is 0 Å². The molecule has 1 unspecified atom stereocenters. The molecule has 0 radical (unpaired) electrons. The van der Waals surface area contributed by atoms with Gasteiger partial charge in [-0.05, 0) is 31.5 Å². The summed E-state index contributed by atoms with van der Waals surface area (Å²) in [6.45, 7) is 4.42. The van der Waals surface area contributed by atoms with Crippen LogP contribution in [-0.4, -0.2) is 59.2 Å². The summed E-state index contributed by atoms with van der Waals surface area (Å²) >= 11 is 0. The third-order valence-corrected chi connectivity index (χ3v) is 7.05. The van der Waals surface area contributed by atoms with Gasteiger partial charge >= 0.3 is 0 Å². The second-order valence-electron chi connectivity index (χ2n) is 5.56. The molecule has 0 aliphatic carbocycles. The highest BCUT2D eigenvalue weighted by Crippen LogP contribution is 2.13. The molecule has 1 aliphatic rings. The van der Waals surface area contributed by atoms with Crippen LogP contribution in [0.2, 0.25) is 0 Å². The number of rotatable bonds is 6. The molecule has 1 saturated heterocycles. The van der Waals surface area contributed by atoms with Crippen LogP contribution in [0, 0.1) is 6.92 Å². The Bertz CT molecular complexity index is 746. The summed E-state index contributed by atoms with van der Waals surface area (Å²) in [6.07, 6.45) is 0. The Morgan fingerprint density at radius 2 is 2.04 bits per heavy atom. The molecule has 0 amide bonds. The topological polar surface area (TPSA) is 92.8 Å². The predicted octanol–water partition coefficient (Wildman–Crippen LogP) is 0.324. The number of hydrogen-bond donors (Lipinski definition) is 1. The van der Waals surface area contributed by atoms with E-state index in [4.69, 9.17) is 4.74 Å². The van der Waals surface area contributed by atoms with Gasteiger partial charge in [-0.15, -0.1) is 0 Å². The zero-order chi connectivity index (χ0) is 17.1. The van der Waals surface area contributed by atoms with Crippen LogP contribution in [0.15, 0.2) is 29.2 Å². The molecule has 1 fully saturated rings. The largest absolute Gasteiger partial charge is 0.378 e.